The molecule has 0 aliphatic carbocycles. The average Bonchev–Trinajstić information content (AvgIpc) is 2.40. The molecule has 3 N–H and O–H groups in total. The van der Waals surface area contributed by atoms with Gasteiger partial charge in [0.1, 0.15) is 0 Å². The molecule has 0 bridgehead atoms. The van der Waals surface area contributed by atoms with Gasteiger partial charge in [-0.05, 0) is 42.5 Å². The molecule has 0 radical (unpaired) electrons. The molecule has 2 aromatic carbocycles. The molecule has 21 heavy (non-hydrogen) atoms. The number of primary sulfonamides is 1. The van der Waals surface area contributed by atoms with E-state index in [9.17, 15) is 16.8 Å². The Bertz CT molecular complexity index is 862. The number of rotatable bonds is 4. The van der Waals surface area contributed by atoms with Gasteiger partial charge in [-0.3, -0.25) is 4.72 Å². The van der Waals surface area contributed by atoms with Gasteiger partial charge in [0.15, 0.2) is 0 Å². The summed E-state index contributed by atoms with van der Waals surface area (Å²) in [4.78, 5) is -0.446. The molecule has 0 aliphatic rings. The van der Waals surface area contributed by atoms with Crippen LogP contribution < -0.4 is 9.86 Å². The van der Waals surface area contributed by atoms with Crippen LogP contribution in [-0.4, -0.2) is 16.8 Å². The van der Waals surface area contributed by atoms with Crippen molar-refractivity contribution in [1.82, 2.24) is 0 Å². The van der Waals surface area contributed by atoms with Crippen molar-refractivity contribution in [3.05, 3.63) is 53.0 Å². The number of benzene rings is 2. The zero-order valence-electron chi connectivity index (χ0n) is 10.5. The molecule has 0 aromatic heterocycles. The van der Waals surface area contributed by atoms with Crippen LogP contribution in [0.1, 0.15) is 0 Å². The number of nitrogens with two attached hydrogens (primary N) is 1. The molecule has 0 aliphatic heterocycles. The fourth-order valence-electron chi connectivity index (χ4n) is 1.55. The van der Waals surface area contributed by atoms with Gasteiger partial charge in [0, 0.05) is 10.2 Å². The minimum Gasteiger partial charge on any atom is -0.280 e. The number of nitrogens with one attached hydrogen (secondary N) is 1. The van der Waals surface area contributed by atoms with E-state index in [0.29, 0.717) is 5.69 Å². The van der Waals surface area contributed by atoms with Crippen molar-refractivity contribution >= 4 is 41.7 Å². The van der Waals surface area contributed by atoms with Gasteiger partial charge in [-0.2, -0.15) is 0 Å². The van der Waals surface area contributed by atoms with Gasteiger partial charge in [0.25, 0.3) is 10.0 Å². The van der Waals surface area contributed by atoms with Crippen molar-refractivity contribution in [2.45, 2.75) is 9.79 Å². The van der Waals surface area contributed by atoms with Crippen LogP contribution >= 0.6 is 15.9 Å². The number of anilines is 1. The fourth-order valence-corrected chi connectivity index (χ4v) is 3.55. The van der Waals surface area contributed by atoms with Gasteiger partial charge in [-0.15, -0.1) is 0 Å². The van der Waals surface area contributed by atoms with E-state index in [1.54, 1.807) is 24.3 Å². The van der Waals surface area contributed by atoms with Crippen molar-refractivity contribution in [2.24, 2.45) is 5.14 Å². The molecule has 0 heterocycles. The summed E-state index contributed by atoms with van der Waals surface area (Å²) in [5.41, 5.74) is 0.360. The Kier molecular flexibility index (Phi) is 4.38. The van der Waals surface area contributed by atoms with Gasteiger partial charge in [-0.1, -0.05) is 22.0 Å². The smallest absolute Gasteiger partial charge is 0.261 e. The third-order valence-electron chi connectivity index (χ3n) is 2.54. The molecule has 2 rings (SSSR count). The monoisotopic (exact) mass is 390 g/mol. The van der Waals surface area contributed by atoms with Crippen LogP contribution in [0.5, 0.6) is 0 Å². The molecule has 112 valence electrons. The number of hydrogen-bond acceptors (Lipinski definition) is 4. The van der Waals surface area contributed by atoms with E-state index >= 15 is 0 Å². The lowest BCUT2D eigenvalue weighted by molar-refractivity contribution is 0.597. The Labute approximate surface area is 131 Å². The normalized spacial score (nSPS) is 12.1. The van der Waals surface area contributed by atoms with Crippen LogP contribution in [-0.2, 0) is 20.0 Å². The SMILES string of the molecule is NS(=O)(=O)c1cccc(S(=O)(=O)Nc2ccc(Br)cc2)c1. The standard InChI is InChI=1S/C12H11BrN2O4S2/c13-9-4-6-10(7-5-9)15-21(18,19)12-3-1-2-11(8-12)20(14,16)17/h1-8,15H,(H2,14,16,17). The molecule has 0 saturated heterocycles. The lowest BCUT2D eigenvalue weighted by atomic mass is 10.3. The van der Waals surface area contributed by atoms with Crippen molar-refractivity contribution < 1.29 is 16.8 Å². The summed E-state index contributed by atoms with van der Waals surface area (Å²) in [7, 11) is -7.86. The highest BCUT2D eigenvalue weighted by Crippen LogP contribution is 2.20. The molecular weight excluding hydrogens is 380 g/mol. The predicted octanol–water partition coefficient (Wildman–Crippen LogP) is 1.90. The molecule has 0 unspecified atom stereocenters. The Balaban J connectivity index is 2.38. The van der Waals surface area contributed by atoms with E-state index in [1.165, 1.54) is 18.2 Å². The van der Waals surface area contributed by atoms with E-state index in [4.69, 9.17) is 5.14 Å². The molecular formula is C12H11BrN2O4S2. The summed E-state index contributed by atoms with van der Waals surface area (Å²) in [6.07, 6.45) is 0. The lowest BCUT2D eigenvalue weighted by Gasteiger charge is -2.09. The molecule has 0 atom stereocenters. The Morgan fingerprint density at radius 1 is 0.905 bits per heavy atom. The van der Waals surface area contributed by atoms with E-state index in [-0.39, 0.29) is 9.79 Å². The van der Waals surface area contributed by atoms with E-state index < -0.39 is 20.0 Å². The summed E-state index contributed by atoms with van der Waals surface area (Å²) < 4.78 is 50.1. The number of hydrogen-bond donors (Lipinski definition) is 2. The summed E-state index contributed by atoms with van der Waals surface area (Å²) in [5.74, 6) is 0. The van der Waals surface area contributed by atoms with Crippen LogP contribution in [0.2, 0.25) is 0 Å². The van der Waals surface area contributed by atoms with E-state index in [0.717, 1.165) is 10.5 Å². The molecule has 2 aromatic rings. The number of sulfonamides is 2. The number of halogens is 1. The second-order valence-electron chi connectivity index (χ2n) is 4.13. The second-order valence-corrected chi connectivity index (χ2v) is 8.29. The quantitative estimate of drug-likeness (QED) is 0.830. The van der Waals surface area contributed by atoms with Crippen LogP contribution in [0.25, 0.3) is 0 Å². The highest BCUT2D eigenvalue weighted by molar-refractivity contribution is 9.10. The first-order valence-electron chi connectivity index (χ1n) is 5.60. The van der Waals surface area contributed by atoms with Crippen LogP contribution in [0.15, 0.2) is 62.8 Å². The first-order chi connectivity index (χ1) is 9.68. The maximum Gasteiger partial charge on any atom is 0.261 e. The molecule has 6 nitrogen and oxygen atoms in total. The van der Waals surface area contributed by atoms with Crippen LogP contribution in [0.4, 0.5) is 5.69 Å². The molecule has 0 saturated carbocycles. The molecule has 0 amide bonds. The third kappa shape index (κ3) is 4.03. The lowest BCUT2D eigenvalue weighted by Crippen LogP contribution is -2.16. The predicted molar refractivity (Wildman–Crippen MR) is 82.8 cm³/mol. The summed E-state index contributed by atoms with van der Waals surface area (Å²) in [5, 5.41) is 4.99. The largest absolute Gasteiger partial charge is 0.280 e. The van der Waals surface area contributed by atoms with Gasteiger partial charge in [-0.25, -0.2) is 22.0 Å². The minimum absolute atomic E-state index is 0.183. The van der Waals surface area contributed by atoms with E-state index in [2.05, 4.69) is 20.7 Å². The van der Waals surface area contributed by atoms with E-state index in [1.807, 2.05) is 0 Å². The van der Waals surface area contributed by atoms with Gasteiger partial charge in [0.2, 0.25) is 10.0 Å². The summed E-state index contributed by atoms with van der Waals surface area (Å²) in [6, 6.07) is 11.4. The second kappa shape index (κ2) is 5.76. The first kappa shape index (κ1) is 16.0. The topological polar surface area (TPSA) is 106 Å². The zero-order valence-corrected chi connectivity index (χ0v) is 13.7. The Hall–Kier alpha value is -1.42. The maximum absolute atomic E-state index is 12.2. The first-order valence-corrected chi connectivity index (χ1v) is 9.42. The van der Waals surface area contributed by atoms with Crippen molar-refractivity contribution in [3.8, 4) is 0 Å². The molecule has 0 spiro atoms. The summed E-state index contributed by atoms with van der Waals surface area (Å²) >= 11 is 3.24. The third-order valence-corrected chi connectivity index (χ3v) is 5.36. The van der Waals surface area contributed by atoms with Crippen molar-refractivity contribution in [1.29, 1.82) is 0 Å². The Morgan fingerprint density at radius 3 is 2.05 bits per heavy atom. The van der Waals surface area contributed by atoms with Gasteiger partial charge < -0.3 is 0 Å². The zero-order chi connectivity index (χ0) is 15.7. The summed E-state index contributed by atoms with van der Waals surface area (Å²) in [6.45, 7) is 0. The maximum atomic E-state index is 12.2. The fraction of sp³-hybridized carbons (Fsp3) is 0. The van der Waals surface area contributed by atoms with Crippen molar-refractivity contribution in [3.63, 3.8) is 0 Å². The van der Waals surface area contributed by atoms with Gasteiger partial charge in [0.05, 0.1) is 9.79 Å². The highest BCUT2D eigenvalue weighted by atomic mass is 79.9. The van der Waals surface area contributed by atoms with Crippen LogP contribution in [0, 0.1) is 0 Å². The minimum atomic E-state index is -3.96. The molecule has 9 heteroatoms. The Morgan fingerprint density at radius 2 is 1.48 bits per heavy atom. The van der Waals surface area contributed by atoms with Crippen molar-refractivity contribution in [2.75, 3.05) is 4.72 Å². The average molecular weight is 391 g/mol. The highest BCUT2D eigenvalue weighted by Gasteiger charge is 2.17. The molecule has 0 fully saturated rings. The van der Waals surface area contributed by atoms with Gasteiger partial charge >= 0.3 is 0 Å². The van der Waals surface area contributed by atoms with Crippen LogP contribution in [0.3, 0.4) is 0 Å².